The van der Waals surface area contributed by atoms with Crippen LogP contribution >= 0.6 is 0 Å². The highest BCUT2D eigenvalue weighted by atomic mass is 16.5. The summed E-state index contributed by atoms with van der Waals surface area (Å²) in [5, 5.41) is 20.4. The third kappa shape index (κ3) is 6.05. The first-order valence-electron chi connectivity index (χ1n) is 6.34. The number of hydrogen-bond acceptors (Lipinski definition) is 5. The zero-order chi connectivity index (χ0) is 15.8. The standard InChI is InChI=1S/C14H17NO6/c1-9(16)21-12-5-3-2-4-10(12)8-15-11(14(19)20)6-7-13(17)18/h2-5,11,15H,6-8H2,1H3,(H,17,18)(H,19,20). The van der Waals surface area contributed by atoms with Crippen molar-refractivity contribution in [3.8, 4) is 5.75 Å². The zero-order valence-electron chi connectivity index (χ0n) is 11.5. The van der Waals surface area contributed by atoms with Gasteiger partial charge in [-0.15, -0.1) is 0 Å². The lowest BCUT2D eigenvalue weighted by Gasteiger charge is -2.15. The van der Waals surface area contributed by atoms with Crippen molar-refractivity contribution in [1.29, 1.82) is 0 Å². The Morgan fingerprint density at radius 2 is 1.90 bits per heavy atom. The summed E-state index contributed by atoms with van der Waals surface area (Å²) in [6.07, 6.45) is -0.268. The summed E-state index contributed by atoms with van der Waals surface area (Å²) in [6.45, 7) is 1.43. The van der Waals surface area contributed by atoms with Crippen molar-refractivity contribution in [3.63, 3.8) is 0 Å². The van der Waals surface area contributed by atoms with Gasteiger partial charge in [0.2, 0.25) is 0 Å². The summed E-state index contributed by atoms with van der Waals surface area (Å²) in [5.41, 5.74) is 0.620. The summed E-state index contributed by atoms with van der Waals surface area (Å²) < 4.78 is 5.02. The van der Waals surface area contributed by atoms with E-state index in [0.717, 1.165) is 0 Å². The third-order valence-corrected chi connectivity index (χ3v) is 2.71. The molecule has 0 radical (unpaired) electrons. The van der Waals surface area contributed by atoms with Crippen molar-refractivity contribution in [2.45, 2.75) is 32.4 Å². The largest absolute Gasteiger partial charge is 0.481 e. The number of carbonyl (C=O) groups excluding carboxylic acids is 1. The van der Waals surface area contributed by atoms with E-state index in [1.165, 1.54) is 6.92 Å². The number of carboxylic acid groups (broad SMARTS) is 2. The molecule has 1 aromatic carbocycles. The van der Waals surface area contributed by atoms with Gasteiger partial charge in [-0.25, -0.2) is 0 Å². The van der Waals surface area contributed by atoms with Crippen molar-refractivity contribution in [2.24, 2.45) is 0 Å². The van der Waals surface area contributed by atoms with Gasteiger partial charge in [-0.3, -0.25) is 14.4 Å². The van der Waals surface area contributed by atoms with E-state index in [1.807, 2.05) is 0 Å². The number of para-hydroxylation sites is 1. The number of carboxylic acids is 2. The van der Waals surface area contributed by atoms with Gasteiger partial charge in [0.1, 0.15) is 11.8 Å². The Hall–Kier alpha value is -2.41. The number of nitrogens with one attached hydrogen (secondary N) is 1. The molecule has 0 aliphatic carbocycles. The van der Waals surface area contributed by atoms with Crippen molar-refractivity contribution < 1.29 is 29.3 Å². The van der Waals surface area contributed by atoms with Gasteiger partial charge in [-0.05, 0) is 12.5 Å². The Kier molecular flexibility index (Phi) is 6.35. The van der Waals surface area contributed by atoms with Gasteiger partial charge in [0, 0.05) is 25.5 Å². The van der Waals surface area contributed by atoms with Gasteiger partial charge in [0.05, 0.1) is 0 Å². The van der Waals surface area contributed by atoms with Crippen LogP contribution in [0.25, 0.3) is 0 Å². The van der Waals surface area contributed by atoms with Crippen molar-refractivity contribution in [2.75, 3.05) is 0 Å². The lowest BCUT2D eigenvalue weighted by atomic mass is 10.1. The molecule has 0 bridgehead atoms. The Bertz CT molecular complexity index is 528. The number of ether oxygens (including phenoxy) is 1. The van der Waals surface area contributed by atoms with Crippen LogP contribution in [0.2, 0.25) is 0 Å². The van der Waals surface area contributed by atoms with Gasteiger partial charge in [0.15, 0.2) is 0 Å². The molecule has 0 fully saturated rings. The molecule has 1 unspecified atom stereocenters. The Labute approximate surface area is 121 Å². The van der Waals surface area contributed by atoms with E-state index in [-0.39, 0.29) is 19.4 Å². The molecule has 3 N–H and O–H groups in total. The van der Waals surface area contributed by atoms with Crippen LogP contribution < -0.4 is 10.1 Å². The minimum Gasteiger partial charge on any atom is -0.481 e. The molecule has 0 spiro atoms. The maximum Gasteiger partial charge on any atom is 0.320 e. The smallest absolute Gasteiger partial charge is 0.320 e. The average molecular weight is 295 g/mol. The number of aliphatic carboxylic acids is 2. The highest BCUT2D eigenvalue weighted by molar-refractivity contribution is 5.75. The van der Waals surface area contributed by atoms with Crippen molar-refractivity contribution >= 4 is 17.9 Å². The van der Waals surface area contributed by atoms with Gasteiger partial charge in [-0.2, -0.15) is 0 Å². The van der Waals surface area contributed by atoms with Crippen LogP contribution in [0.5, 0.6) is 5.75 Å². The molecule has 21 heavy (non-hydrogen) atoms. The fraction of sp³-hybridized carbons (Fsp3) is 0.357. The third-order valence-electron chi connectivity index (χ3n) is 2.71. The van der Waals surface area contributed by atoms with Gasteiger partial charge < -0.3 is 20.3 Å². The van der Waals surface area contributed by atoms with Crippen LogP contribution in [0.4, 0.5) is 0 Å². The summed E-state index contributed by atoms with van der Waals surface area (Å²) >= 11 is 0. The predicted octanol–water partition coefficient (Wildman–Crippen LogP) is 1.02. The number of benzene rings is 1. The summed E-state index contributed by atoms with van der Waals surface area (Å²) in [4.78, 5) is 32.5. The quantitative estimate of drug-likeness (QED) is 0.484. The van der Waals surface area contributed by atoms with Crippen molar-refractivity contribution in [1.82, 2.24) is 5.32 Å². The first-order chi connectivity index (χ1) is 9.90. The number of rotatable bonds is 8. The van der Waals surface area contributed by atoms with Crippen LogP contribution in [0.15, 0.2) is 24.3 Å². The highest BCUT2D eigenvalue weighted by Crippen LogP contribution is 2.18. The van der Waals surface area contributed by atoms with Crippen molar-refractivity contribution in [3.05, 3.63) is 29.8 Å². The number of carbonyl (C=O) groups is 3. The van der Waals surface area contributed by atoms with E-state index in [0.29, 0.717) is 11.3 Å². The molecule has 0 saturated carbocycles. The summed E-state index contributed by atoms with van der Waals surface area (Å²) in [7, 11) is 0. The normalized spacial score (nSPS) is 11.7. The molecule has 1 aromatic rings. The minimum absolute atomic E-state index is 0.0274. The minimum atomic E-state index is -1.12. The molecular formula is C14H17NO6. The van der Waals surface area contributed by atoms with Crippen LogP contribution in [0, 0.1) is 0 Å². The Morgan fingerprint density at radius 3 is 2.48 bits per heavy atom. The molecule has 0 aliphatic heterocycles. The lowest BCUT2D eigenvalue weighted by molar-refractivity contribution is -0.141. The molecule has 7 heteroatoms. The molecular weight excluding hydrogens is 278 g/mol. The number of esters is 1. The van der Waals surface area contributed by atoms with Gasteiger partial charge in [-0.1, -0.05) is 18.2 Å². The van der Waals surface area contributed by atoms with E-state index >= 15 is 0 Å². The summed E-state index contributed by atoms with van der Waals surface area (Å²) in [6, 6.07) is 5.75. The molecule has 1 atom stereocenters. The van der Waals surface area contributed by atoms with Crippen LogP contribution in [0.3, 0.4) is 0 Å². The van der Waals surface area contributed by atoms with Crippen LogP contribution in [0.1, 0.15) is 25.3 Å². The molecule has 0 amide bonds. The van der Waals surface area contributed by atoms with E-state index in [4.69, 9.17) is 14.9 Å². The Balaban J connectivity index is 2.69. The van der Waals surface area contributed by atoms with Crippen LogP contribution in [-0.4, -0.2) is 34.2 Å². The van der Waals surface area contributed by atoms with Gasteiger partial charge in [0.25, 0.3) is 0 Å². The highest BCUT2D eigenvalue weighted by Gasteiger charge is 2.18. The van der Waals surface area contributed by atoms with E-state index in [9.17, 15) is 14.4 Å². The van der Waals surface area contributed by atoms with E-state index in [1.54, 1.807) is 24.3 Å². The van der Waals surface area contributed by atoms with Gasteiger partial charge >= 0.3 is 17.9 Å². The molecule has 0 heterocycles. The monoisotopic (exact) mass is 295 g/mol. The zero-order valence-corrected chi connectivity index (χ0v) is 11.5. The molecule has 7 nitrogen and oxygen atoms in total. The molecule has 0 saturated heterocycles. The maximum atomic E-state index is 11.1. The van der Waals surface area contributed by atoms with E-state index in [2.05, 4.69) is 5.32 Å². The Morgan fingerprint density at radius 1 is 1.24 bits per heavy atom. The predicted molar refractivity (Wildman–Crippen MR) is 72.9 cm³/mol. The first kappa shape index (κ1) is 16.6. The molecule has 1 rings (SSSR count). The fourth-order valence-electron chi connectivity index (χ4n) is 1.72. The lowest BCUT2D eigenvalue weighted by Crippen LogP contribution is -2.36. The van der Waals surface area contributed by atoms with E-state index < -0.39 is 23.9 Å². The second-order valence-electron chi connectivity index (χ2n) is 4.41. The topological polar surface area (TPSA) is 113 Å². The maximum absolute atomic E-state index is 11.1. The first-order valence-corrected chi connectivity index (χ1v) is 6.34. The summed E-state index contributed by atoms with van der Waals surface area (Å²) in [5.74, 6) is -2.30. The molecule has 114 valence electrons. The SMILES string of the molecule is CC(=O)Oc1ccccc1CNC(CCC(=O)O)C(=O)O. The number of hydrogen-bond donors (Lipinski definition) is 3. The fourth-order valence-corrected chi connectivity index (χ4v) is 1.72. The second kappa shape index (κ2) is 8.01. The second-order valence-corrected chi connectivity index (χ2v) is 4.41. The molecule has 0 aliphatic rings. The molecule has 0 aromatic heterocycles. The van der Waals surface area contributed by atoms with Crippen LogP contribution in [-0.2, 0) is 20.9 Å². The average Bonchev–Trinajstić information content (AvgIpc) is 2.39.